The number of aromatic nitrogens is 1. The second kappa shape index (κ2) is 8.33. The molecule has 2 rings (SSSR count). The number of hydrogen-bond acceptors (Lipinski definition) is 5. The predicted molar refractivity (Wildman–Crippen MR) is 85.9 cm³/mol. The highest BCUT2D eigenvalue weighted by Gasteiger charge is 2.10. The molecule has 2 N–H and O–H groups in total. The summed E-state index contributed by atoms with van der Waals surface area (Å²) in [6, 6.07) is 5.99. The summed E-state index contributed by atoms with van der Waals surface area (Å²) in [6.45, 7) is 2.35. The molecule has 0 radical (unpaired) electrons. The van der Waals surface area contributed by atoms with Gasteiger partial charge in [0.2, 0.25) is 0 Å². The molecular formula is C16H20F2N2O2S. The van der Waals surface area contributed by atoms with Crippen LogP contribution in [0.3, 0.4) is 0 Å². The van der Waals surface area contributed by atoms with E-state index in [9.17, 15) is 13.9 Å². The smallest absolute Gasteiger partial charge is 0.387 e. The Morgan fingerprint density at radius 2 is 1.96 bits per heavy atom. The summed E-state index contributed by atoms with van der Waals surface area (Å²) in [4.78, 5) is 5.46. The van der Waals surface area contributed by atoms with Gasteiger partial charge in [0.05, 0.1) is 11.1 Å². The minimum atomic E-state index is -2.84. The number of hydrogen-bond donors (Lipinski definition) is 2. The number of aliphatic hydroxyl groups excluding tert-OH is 1. The summed E-state index contributed by atoms with van der Waals surface area (Å²) in [5.74, 6) is 0.489. The van der Waals surface area contributed by atoms with Crippen LogP contribution in [-0.4, -0.2) is 23.2 Å². The van der Waals surface area contributed by atoms with E-state index in [0.717, 1.165) is 9.88 Å². The first-order valence-corrected chi connectivity index (χ1v) is 8.15. The lowest BCUT2D eigenvalue weighted by Crippen LogP contribution is -2.20. The Bertz CT molecular complexity index is 602. The van der Waals surface area contributed by atoms with Crippen LogP contribution >= 0.6 is 11.3 Å². The van der Waals surface area contributed by atoms with Crippen molar-refractivity contribution >= 4 is 11.3 Å². The van der Waals surface area contributed by atoms with Crippen LogP contribution in [0.4, 0.5) is 8.78 Å². The summed E-state index contributed by atoms with van der Waals surface area (Å²) in [5, 5.41) is 14.4. The lowest BCUT2D eigenvalue weighted by molar-refractivity contribution is -0.0498. The van der Waals surface area contributed by atoms with Crippen LogP contribution in [0.15, 0.2) is 30.5 Å². The Labute approximate surface area is 138 Å². The number of thiazole rings is 1. The Kier molecular flexibility index (Phi) is 6.44. The molecule has 1 aromatic carbocycles. The molecule has 0 bridgehead atoms. The molecule has 0 saturated heterocycles. The van der Waals surface area contributed by atoms with Gasteiger partial charge < -0.3 is 15.2 Å². The molecule has 2 aromatic rings. The predicted octanol–water partition coefficient (Wildman–Crippen LogP) is 3.69. The summed E-state index contributed by atoms with van der Waals surface area (Å²) in [7, 11) is 0. The van der Waals surface area contributed by atoms with Crippen LogP contribution in [-0.2, 0) is 6.54 Å². The van der Waals surface area contributed by atoms with Gasteiger partial charge in [-0.15, -0.1) is 11.3 Å². The average molecular weight is 342 g/mol. The molecule has 23 heavy (non-hydrogen) atoms. The number of rotatable bonds is 8. The summed E-state index contributed by atoms with van der Waals surface area (Å²) in [6.07, 6.45) is 1.13. The topological polar surface area (TPSA) is 54.4 Å². The summed E-state index contributed by atoms with van der Waals surface area (Å²) >= 11 is 1.65. The number of aliphatic hydroxyl groups is 1. The van der Waals surface area contributed by atoms with Gasteiger partial charge in [0.1, 0.15) is 5.75 Å². The van der Waals surface area contributed by atoms with Crippen molar-refractivity contribution in [3.8, 4) is 5.75 Å². The van der Waals surface area contributed by atoms with E-state index in [2.05, 4.69) is 28.9 Å². The van der Waals surface area contributed by atoms with Crippen LogP contribution in [0, 0.1) is 0 Å². The van der Waals surface area contributed by atoms with E-state index in [-0.39, 0.29) is 5.75 Å². The molecule has 0 aliphatic heterocycles. The fraction of sp³-hybridized carbons (Fsp3) is 0.438. The Morgan fingerprint density at radius 3 is 2.52 bits per heavy atom. The van der Waals surface area contributed by atoms with Crippen molar-refractivity contribution in [2.24, 2.45) is 0 Å². The molecule has 0 fully saturated rings. The summed E-state index contributed by atoms with van der Waals surface area (Å²) in [5.41, 5.74) is 0.645. The molecule has 0 aliphatic carbocycles. The first-order valence-electron chi connectivity index (χ1n) is 7.34. The molecule has 1 heterocycles. The molecule has 4 nitrogen and oxygen atoms in total. The first-order chi connectivity index (χ1) is 11.0. The molecule has 1 aromatic heterocycles. The van der Waals surface area contributed by atoms with Gasteiger partial charge in [-0.2, -0.15) is 8.78 Å². The quantitative estimate of drug-likeness (QED) is 0.768. The van der Waals surface area contributed by atoms with Crippen LogP contribution in [0.1, 0.15) is 41.3 Å². The van der Waals surface area contributed by atoms with Crippen molar-refractivity contribution in [3.05, 3.63) is 45.9 Å². The Hall–Kier alpha value is -1.57. The first kappa shape index (κ1) is 17.8. The van der Waals surface area contributed by atoms with Crippen LogP contribution in [0.2, 0.25) is 0 Å². The largest absolute Gasteiger partial charge is 0.435 e. The number of halogens is 2. The fourth-order valence-electron chi connectivity index (χ4n) is 1.99. The van der Waals surface area contributed by atoms with Crippen molar-refractivity contribution in [3.63, 3.8) is 0 Å². The van der Waals surface area contributed by atoms with Gasteiger partial charge in [0, 0.05) is 30.1 Å². The third-order valence-corrected chi connectivity index (χ3v) is 4.49. The van der Waals surface area contributed by atoms with Crippen LogP contribution in [0.5, 0.6) is 5.75 Å². The third kappa shape index (κ3) is 5.53. The van der Waals surface area contributed by atoms with E-state index in [1.807, 2.05) is 6.20 Å². The van der Waals surface area contributed by atoms with E-state index < -0.39 is 12.7 Å². The van der Waals surface area contributed by atoms with Crippen LogP contribution in [0.25, 0.3) is 0 Å². The van der Waals surface area contributed by atoms with Crippen molar-refractivity contribution in [1.82, 2.24) is 10.3 Å². The zero-order valence-electron chi connectivity index (χ0n) is 13.0. The van der Waals surface area contributed by atoms with Crippen molar-refractivity contribution in [1.29, 1.82) is 0 Å². The standard InChI is InChI=1S/C16H20F2N2O2S/c1-10(2)15-20-8-13(23-15)7-19-9-14(21)11-3-5-12(6-4-11)22-16(17)18/h3-6,8,10,14,16,19,21H,7,9H2,1-2H3. The molecule has 126 valence electrons. The van der Waals surface area contributed by atoms with Gasteiger partial charge >= 0.3 is 6.61 Å². The average Bonchev–Trinajstić information content (AvgIpc) is 2.96. The third-order valence-electron chi connectivity index (χ3n) is 3.19. The Morgan fingerprint density at radius 1 is 1.26 bits per heavy atom. The maximum atomic E-state index is 12.1. The minimum absolute atomic E-state index is 0.0785. The number of benzene rings is 1. The van der Waals surface area contributed by atoms with E-state index in [1.54, 1.807) is 23.5 Å². The van der Waals surface area contributed by atoms with Gasteiger partial charge in [-0.1, -0.05) is 26.0 Å². The minimum Gasteiger partial charge on any atom is -0.435 e. The highest BCUT2D eigenvalue weighted by molar-refractivity contribution is 7.11. The second-order valence-corrected chi connectivity index (χ2v) is 6.56. The maximum absolute atomic E-state index is 12.1. The number of nitrogens with zero attached hydrogens (tertiary/aromatic N) is 1. The van der Waals surface area contributed by atoms with Crippen molar-refractivity contribution in [2.45, 2.75) is 39.0 Å². The highest BCUT2D eigenvalue weighted by Crippen LogP contribution is 2.21. The van der Waals surface area contributed by atoms with Gasteiger partial charge in [-0.3, -0.25) is 0 Å². The maximum Gasteiger partial charge on any atom is 0.387 e. The number of alkyl halides is 2. The van der Waals surface area contributed by atoms with Gasteiger partial charge in [0.15, 0.2) is 0 Å². The van der Waals surface area contributed by atoms with Gasteiger partial charge in [-0.25, -0.2) is 4.98 Å². The number of nitrogens with one attached hydrogen (secondary N) is 1. The summed E-state index contributed by atoms with van der Waals surface area (Å²) < 4.78 is 28.4. The zero-order valence-corrected chi connectivity index (χ0v) is 13.8. The molecule has 0 saturated carbocycles. The van der Waals surface area contributed by atoms with Gasteiger partial charge in [-0.05, 0) is 17.7 Å². The molecule has 0 spiro atoms. The monoisotopic (exact) mass is 342 g/mol. The van der Waals surface area contributed by atoms with E-state index in [1.165, 1.54) is 12.1 Å². The lowest BCUT2D eigenvalue weighted by Gasteiger charge is -2.12. The second-order valence-electron chi connectivity index (χ2n) is 5.41. The fourth-order valence-corrected chi connectivity index (χ4v) is 2.88. The molecule has 1 unspecified atom stereocenters. The lowest BCUT2D eigenvalue weighted by atomic mass is 10.1. The van der Waals surface area contributed by atoms with Crippen LogP contribution < -0.4 is 10.1 Å². The highest BCUT2D eigenvalue weighted by atomic mass is 32.1. The molecular weight excluding hydrogens is 322 g/mol. The van der Waals surface area contributed by atoms with E-state index in [0.29, 0.717) is 24.6 Å². The molecule has 1 atom stereocenters. The van der Waals surface area contributed by atoms with Crippen molar-refractivity contribution < 1.29 is 18.6 Å². The van der Waals surface area contributed by atoms with E-state index in [4.69, 9.17) is 0 Å². The normalized spacial score (nSPS) is 12.8. The molecule has 0 amide bonds. The zero-order chi connectivity index (χ0) is 16.8. The Balaban J connectivity index is 1.80. The van der Waals surface area contributed by atoms with E-state index >= 15 is 0 Å². The van der Waals surface area contributed by atoms with Gasteiger partial charge in [0.25, 0.3) is 0 Å². The SMILES string of the molecule is CC(C)c1ncc(CNCC(O)c2ccc(OC(F)F)cc2)s1. The van der Waals surface area contributed by atoms with Crippen molar-refractivity contribution in [2.75, 3.05) is 6.54 Å². The molecule has 0 aliphatic rings. The molecule has 7 heteroatoms. The number of ether oxygens (including phenoxy) is 1.